The van der Waals surface area contributed by atoms with E-state index in [1.165, 1.54) is 4.57 Å². The number of thioether (sulfide) groups is 1. The maximum absolute atomic E-state index is 11.6. The summed E-state index contributed by atoms with van der Waals surface area (Å²) in [5.74, 6) is 1.56. The van der Waals surface area contributed by atoms with Gasteiger partial charge in [0.2, 0.25) is 0 Å². The molecular weight excluding hydrogens is 228 g/mol. The van der Waals surface area contributed by atoms with E-state index in [-0.39, 0.29) is 5.56 Å². The number of aromatic amines is 1. The number of carbonyl (C=O) groups excluding carboxylic acids is 1. The van der Waals surface area contributed by atoms with Gasteiger partial charge in [-0.05, 0) is 12.2 Å². The summed E-state index contributed by atoms with van der Waals surface area (Å²) in [5.41, 5.74) is 0.795. The molecule has 0 saturated heterocycles. The molecule has 0 saturated carbocycles. The van der Waals surface area contributed by atoms with Crippen LogP contribution in [0.3, 0.4) is 0 Å². The first kappa shape index (κ1) is 11.2. The number of aromatic nitrogens is 2. The zero-order valence-electron chi connectivity index (χ0n) is 8.69. The second-order valence-corrected chi connectivity index (χ2v) is 4.70. The topological polar surface area (TPSA) is 71.9 Å². The molecule has 2 heterocycles. The Bertz CT molecular complexity index is 518. The molecule has 1 N–H and O–H groups in total. The number of carbonyl (C=O) groups is 1. The zero-order valence-corrected chi connectivity index (χ0v) is 9.51. The number of hydrogen-bond acceptors (Lipinski definition) is 4. The van der Waals surface area contributed by atoms with Gasteiger partial charge in [0.15, 0.2) is 0 Å². The SMILES string of the molecule is O=CCCn1c2c(c(=O)[nH]c1=O)CSCC2. The molecule has 0 aromatic carbocycles. The van der Waals surface area contributed by atoms with Gasteiger partial charge in [0.1, 0.15) is 6.29 Å². The molecule has 86 valence electrons. The standard InChI is InChI=1S/C10H12N2O3S/c13-4-1-3-12-8-2-5-16-6-7(8)9(14)11-10(12)15/h4H,1-3,5-6H2,(H,11,14,15). The molecule has 16 heavy (non-hydrogen) atoms. The van der Waals surface area contributed by atoms with Crippen LogP contribution >= 0.6 is 11.8 Å². The first-order valence-electron chi connectivity index (χ1n) is 5.10. The molecule has 0 aliphatic carbocycles. The monoisotopic (exact) mass is 240 g/mol. The van der Waals surface area contributed by atoms with Crippen LogP contribution in [0.2, 0.25) is 0 Å². The van der Waals surface area contributed by atoms with Gasteiger partial charge in [-0.1, -0.05) is 0 Å². The van der Waals surface area contributed by atoms with E-state index in [2.05, 4.69) is 4.98 Å². The number of fused-ring (bicyclic) bond motifs is 1. The molecule has 0 fully saturated rings. The minimum absolute atomic E-state index is 0.283. The Kier molecular flexibility index (Phi) is 3.28. The van der Waals surface area contributed by atoms with E-state index in [1.54, 1.807) is 11.8 Å². The molecule has 0 amide bonds. The Labute approximate surface area is 95.9 Å². The number of rotatable bonds is 3. The summed E-state index contributed by atoms with van der Waals surface area (Å²) < 4.78 is 1.52. The predicted octanol–water partition coefficient (Wildman–Crippen LogP) is -0.0851. The van der Waals surface area contributed by atoms with Crippen molar-refractivity contribution in [3.8, 4) is 0 Å². The van der Waals surface area contributed by atoms with Gasteiger partial charge in [-0.25, -0.2) is 4.79 Å². The van der Waals surface area contributed by atoms with Crippen molar-refractivity contribution in [1.82, 2.24) is 9.55 Å². The van der Waals surface area contributed by atoms with Crippen LogP contribution in [0, 0.1) is 0 Å². The van der Waals surface area contributed by atoms with E-state index >= 15 is 0 Å². The van der Waals surface area contributed by atoms with Crippen LogP contribution in [0.1, 0.15) is 17.7 Å². The Morgan fingerprint density at radius 1 is 1.44 bits per heavy atom. The van der Waals surface area contributed by atoms with Crippen molar-refractivity contribution in [2.75, 3.05) is 5.75 Å². The molecule has 0 atom stereocenters. The molecule has 0 bridgehead atoms. The largest absolute Gasteiger partial charge is 0.328 e. The number of H-pyrrole nitrogens is 1. The summed E-state index contributed by atoms with van der Waals surface area (Å²) in [6, 6.07) is 0. The lowest BCUT2D eigenvalue weighted by Gasteiger charge is -2.18. The third-order valence-corrected chi connectivity index (χ3v) is 3.60. The van der Waals surface area contributed by atoms with Crippen LogP contribution in [0.15, 0.2) is 9.59 Å². The fourth-order valence-electron chi connectivity index (χ4n) is 1.85. The normalized spacial score (nSPS) is 14.5. The highest BCUT2D eigenvalue weighted by atomic mass is 32.2. The van der Waals surface area contributed by atoms with Gasteiger partial charge in [0.25, 0.3) is 5.56 Å². The quantitative estimate of drug-likeness (QED) is 0.750. The average molecular weight is 240 g/mol. The summed E-state index contributed by atoms with van der Waals surface area (Å²) in [7, 11) is 0. The summed E-state index contributed by atoms with van der Waals surface area (Å²) in [6.45, 7) is 0.353. The van der Waals surface area contributed by atoms with Crippen LogP contribution in [0.25, 0.3) is 0 Å². The van der Waals surface area contributed by atoms with E-state index in [0.29, 0.717) is 24.3 Å². The molecule has 1 aliphatic rings. The molecule has 6 heteroatoms. The van der Waals surface area contributed by atoms with Gasteiger partial charge >= 0.3 is 5.69 Å². The van der Waals surface area contributed by atoms with Crippen LogP contribution in [-0.2, 0) is 23.5 Å². The molecule has 0 spiro atoms. The molecular formula is C10H12N2O3S. The second-order valence-electron chi connectivity index (χ2n) is 3.59. The van der Waals surface area contributed by atoms with Crippen LogP contribution in [-0.4, -0.2) is 21.6 Å². The van der Waals surface area contributed by atoms with Gasteiger partial charge in [-0.2, -0.15) is 11.8 Å². The Morgan fingerprint density at radius 3 is 3.00 bits per heavy atom. The van der Waals surface area contributed by atoms with Crippen molar-refractivity contribution >= 4 is 18.0 Å². The van der Waals surface area contributed by atoms with E-state index in [9.17, 15) is 14.4 Å². The van der Waals surface area contributed by atoms with Gasteiger partial charge in [0.05, 0.1) is 0 Å². The van der Waals surface area contributed by atoms with E-state index in [0.717, 1.165) is 24.2 Å². The predicted molar refractivity (Wildman–Crippen MR) is 61.9 cm³/mol. The minimum Gasteiger partial charge on any atom is -0.303 e. The Balaban J connectivity index is 2.54. The number of nitrogens with one attached hydrogen (secondary N) is 1. The van der Waals surface area contributed by atoms with E-state index < -0.39 is 5.69 Å². The van der Waals surface area contributed by atoms with E-state index in [4.69, 9.17) is 0 Å². The fraction of sp³-hybridized carbons (Fsp3) is 0.500. The van der Waals surface area contributed by atoms with Gasteiger partial charge < -0.3 is 4.79 Å². The number of hydrogen-bond donors (Lipinski definition) is 1. The smallest absolute Gasteiger partial charge is 0.303 e. The van der Waals surface area contributed by atoms with Crippen molar-refractivity contribution in [2.24, 2.45) is 0 Å². The zero-order chi connectivity index (χ0) is 11.5. The van der Waals surface area contributed by atoms with Gasteiger partial charge in [-0.15, -0.1) is 0 Å². The van der Waals surface area contributed by atoms with Gasteiger partial charge in [-0.3, -0.25) is 14.3 Å². The lowest BCUT2D eigenvalue weighted by Crippen LogP contribution is -2.36. The summed E-state index contributed by atoms with van der Waals surface area (Å²) >= 11 is 1.69. The minimum atomic E-state index is -0.405. The van der Waals surface area contributed by atoms with E-state index in [1.807, 2.05) is 0 Å². The number of nitrogens with zero attached hydrogens (tertiary/aromatic N) is 1. The summed E-state index contributed by atoms with van der Waals surface area (Å²) in [5, 5.41) is 0. The molecule has 0 radical (unpaired) electrons. The summed E-state index contributed by atoms with van der Waals surface area (Å²) in [4.78, 5) is 35.8. The summed E-state index contributed by atoms with van der Waals surface area (Å²) in [6.07, 6.45) is 1.80. The number of aldehydes is 1. The van der Waals surface area contributed by atoms with Crippen molar-refractivity contribution in [1.29, 1.82) is 0 Å². The average Bonchev–Trinajstić information content (AvgIpc) is 2.29. The molecule has 1 aliphatic heterocycles. The molecule has 0 unspecified atom stereocenters. The van der Waals surface area contributed by atoms with Crippen LogP contribution in [0.5, 0.6) is 0 Å². The molecule has 5 nitrogen and oxygen atoms in total. The lowest BCUT2D eigenvalue weighted by atomic mass is 10.2. The van der Waals surface area contributed by atoms with Crippen molar-refractivity contribution in [3.05, 3.63) is 32.1 Å². The third kappa shape index (κ3) is 1.97. The highest BCUT2D eigenvalue weighted by molar-refractivity contribution is 7.98. The molecule has 2 rings (SSSR count). The van der Waals surface area contributed by atoms with Gasteiger partial charge in [0, 0.05) is 30.0 Å². The maximum Gasteiger partial charge on any atom is 0.328 e. The fourth-order valence-corrected chi connectivity index (χ4v) is 2.84. The second kappa shape index (κ2) is 4.69. The highest BCUT2D eigenvalue weighted by Crippen LogP contribution is 2.20. The van der Waals surface area contributed by atoms with Crippen molar-refractivity contribution < 1.29 is 4.79 Å². The maximum atomic E-state index is 11.6. The lowest BCUT2D eigenvalue weighted by molar-refractivity contribution is -0.108. The van der Waals surface area contributed by atoms with Crippen molar-refractivity contribution in [3.63, 3.8) is 0 Å². The molecule has 1 aromatic heterocycles. The first-order valence-corrected chi connectivity index (χ1v) is 6.25. The van der Waals surface area contributed by atoms with Crippen LogP contribution < -0.4 is 11.2 Å². The first-order chi connectivity index (χ1) is 7.74. The Hall–Kier alpha value is -1.30. The molecule has 1 aromatic rings. The van der Waals surface area contributed by atoms with Crippen LogP contribution in [0.4, 0.5) is 0 Å². The Morgan fingerprint density at radius 2 is 2.25 bits per heavy atom. The highest BCUT2D eigenvalue weighted by Gasteiger charge is 2.17. The third-order valence-electron chi connectivity index (χ3n) is 2.61. The van der Waals surface area contributed by atoms with Crippen molar-refractivity contribution in [2.45, 2.75) is 25.1 Å².